The number of hydrogen-bond donors (Lipinski definition) is 2. The van der Waals surface area contributed by atoms with E-state index in [-0.39, 0.29) is 0 Å². The van der Waals surface area contributed by atoms with E-state index >= 15 is 0 Å². The third-order valence-corrected chi connectivity index (χ3v) is 5.53. The van der Waals surface area contributed by atoms with Crippen molar-refractivity contribution in [2.45, 2.75) is 32.0 Å². The quantitative estimate of drug-likeness (QED) is 0.490. The lowest BCUT2D eigenvalue weighted by molar-refractivity contribution is 0.185. The van der Waals surface area contributed by atoms with E-state index in [4.69, 9.17) is 9.47 Å². The largest absolute Gasteiger partial charge is 0.497 e. The highest BCUT2D eigenvalue weighted by Crippen LogP contribution is 2.26. The molecule has 1 aliphatic rings. The lowest BCUT2D eigenvalue weighted by atomic mass is 10.1. The number of guanidine groups is 1. The van der Waals surface area contributed by atoms with Crippen molar-refractivity contribution in [1.82, 2.24) is 15.5 Å². The van der Waals surface area contributed by atoms with Crippen LogP contribution in [-0.2, 0) is 17.9 Å². The summed E-state index contributed by atoms with van der Waals surface area (Å²) < 4.78 is 10.6. The minimum absolute atomic E-state index is 0.307. The molecule has 162 valence electrons. The van der Waals surface area contributed by atoms with Gasteiger partial charge in [0.25, 0.3) is 0 Å². The maximum Gasteiger partial charge on any atom is 0.191 e. The molecule has 6 heteroatoms. The van der Waals surface area contributed by atoms with Gasteiger partial charge in [-0.25, -0.2) is 0 Å². The second-order valence-corrected chi connectivity index (χ2v) is 7.59. The molecule has 1 saturated heterocycles. The Kier molecular flexibility index (Phi) is 8.53. The number of benzene rings is 2. The molecule has 0 aliphatic carbocycles. The average molecular weight is 411 g/mol. The zero-order chi connectivity index (χ0) is 21.2. The van der Waals surface area contributed by atoms with Crippen molar-refractivity contribution in [2.24, 2.45) is 4.99 Å². The Morgan fingerprint density at radius 3 is 2.43 bits per heavy atom. The van der Waals surface area contributed by atoms with Crippen molar-refractivity contribution in [3.63, 3.8) is 0 Å². The predicted octanol–water partition coefficient (Wildman–Crippen LogP) is 3.34. The van der Waals surface area contributed by atoms with Crippen LogP contribution in [0.3, 0.4) is 0 Å². The highest BCUT2D eigenvalue weighted by molar-refractivity contribution is 5.79. The topological polar surface area (TPSA) is 58.1 Å². The van der Waals surface area contributed by atoms with Gasteiger partial charge in [0.15, 0.2) is 5.96 Å². The van der Waals surface area contributed by atoms with Gasteiger partial charge < -0.3 is 20.1 Å². The molecule has 30 heavy (non-hydrogen) atoms. The lowest BCUT2D eigenvalue weighted by Gasteiger charge is -2.29. The highest BCUT2D eigenvalue weighted by atomic mass is 16.5. The summed E-state index contributed by atoms with van der Waals surface area (Å²) in [6.45, 7) is 4.41. The van der Waals surface area contributed by atoms with Crippen LogP contribution in [0.1, 0.15) is 35.6 Å². The zero-order valence-corrected chi connectivity index (χ0v) is 18.4. The molecule has 6 nitrogen and oxygen atoms in total. The average Bonchev–Trinajstić information content (AvgIpc) is 3.31. The van der Waals surface area contributed by atoms with Crippen LogP contribution in [0, 0.1) is 0 Å². The molecule has 0 aromatic heterocycles. The van der Waals surface area contributed by atoms with Gasteiger partial charge in [-0.1, -0.05) is 36.4 Å². The summed E-state index contributed by atoms with van der Waals surface area (Å²) in [5.74, 6) is 1.70. The first-order valence-electron chi connectivity index (χ1n) is 10.6. The van der Waals surface area contributed by atoms with Gasteiger partial charge in [0.1, 0.15) is 5.75 Å². The molecule has 1 heterocycles. The maximum atomic E-state index is 5.32. The van der Waals surface area contributed by atoms with Gasteiger partial charge in [0.05, 0.1) is 19.8 Å². The molecular formula is C24H34N4O2. The Morgan fingerprint density at radius 2 is 1.77 bits per heavy atom. The number of methoxy groups -OCH3 is 2. The summed E-state index contributed by atoms with van der Waals surface area (Å²) in [4.78, 5) is 6.96. The summed E-state index contributed by atoms with van der Waals surface area (Å²) in [6, 6.07) is 17.1. The van der Waals surface area contributed by atoms with E-state index in [9.17, 15) is 0 Å². The van der Waals surface area contributed by atoms with Crippen LogP contribution < -0.4 is 15.4 Å². The number of nitrogens with zero attached hydrogens (tertiary/aromatic N) is 2. The second kappa shape index (κ2) is 11.6. The monoisotopic (exact) mass is 410 g/mol. The Bertz CT molecular complexity index is 801. The molecule has 0 amide bonds. The third kappa shape index (κ3) is 6.21. The van der Waals surface area contributed by atoms with Crippen LogP contribution in [0.25, 0.3) is 0 Å². The highest BCUT2D eigenvalue weighted by Gasteiger charge is 2.23. The summed E-state index contributed by atoms with van der Waals surface area (Å²) in [5, 5.41) is 6.96. The van der Waals surface area contributed by atoms with Crippen LogP contribution in [0.5, 0.6) is 5.75 Å². The Hall–Kier alpha value is -2.57. The molecule has 0 bridgehead atoms. The van der Waals surface area contributed by atoms with Gasteiger partial charge in [-0.3, -0.25) is 9.89 Å². The normalized spacial score (nSPS) is 15.8. The zero-order valence-electron chi connectivity index (χ0n) is 18.4. The molecule has 0 saturated carbocycles. The van der Waals surface area contributed by atoms with E-state index in [2.05, 4.69) is 56.9 Å². The van der Waals surface area contributed by atoms with E-state index in [1.54, 1.807) is 14.2 Å². The van der Waals surface area contributed by atoms with Crippen LogP contribution in [0.2, 0.25) is 0 Å². The molecule has 1 fully saturated rings. The first kappa shape index (κ1) is 22.1. The molecule has 1 unspecified atom stereocenters. The Labute approximate surface area is 180 Å². The van der Waals surface area contributed by atoms with Gasteiger partial charge in [-0.05, 0) is 54.8 Å². The molecule has 0 radical (unpaired) electrons. The summed E-state index contributed by atoms with van der Waals surface area (Å²) in [7, 11) is 5.24. The SMILES string of the molecule is CN=C(NCc1cccc(COC)c1)NCC(c1ccc(OC)cc1)N1CCCC1. The van der Waals surface area contributed by atoms with Crippen LogP contribution in [-0.4, -0.2) is 51.8 Å². The van der Waals surface area contributed by atoms with Gasteiger partial charge in [-0.2, -0.15) is 0 Å². The van der Waals surface area contributed by atoms with Crippen molar-refractivity contribution in [2.75, 3.05) is 40.9 Å². The van der Waals surface area contributed by atoms with Crippen LogP contribution in [0.4, 0.5) is 0 Å². The number of likely N-dealkylation sites (tertiary alicyclic amines) is 1. The molecule has 1 atom stereocenters. The number of rotatable bonds is 9. The van der Waals surface area contributed by atoms with E-state index in [1.165, 1.54) is 29.5 Å². The van der Waals surface area contributed by atoms with Gasteiger partial charge in [0, 0.05) is 27.2 Å². The summed E-state index contributed by atoms with van der Waals surface area (Å²) in [5.41, 5.74) is 3.68. The minimum Gasteiger partial charge on any atom is -0.497 e. The lowest BCUT2D eigenvalue weighted by Crippen LogP contribution is -2.42. The number of ether oxygens (including phenoxy) is 2. The number of hydrogen-bond acceptors (Lipinski definition) is 4. The Morgan fingerprint density at radius 1 is 1.03 bits per heavy atom. The molecule has 1 aliphatic heterocycles. The van der Waals surface area contributed by atoms with E-state index in [0.717, 1.165) is 31.3 Å². The fourth-order valence-corrected chi connectivity index (χ4v) is 3.93. The number of nitrogens with one attached hydrogen (secondary N) is 2. The molecule has 3 rings (SSSR count). The first-order valence-corrected chi connectivity index (χ1v) is 10.6. The van der Waals surface area contributed by atoms with Crippen LogP contribution >= 0.6 is 0 Å². The summed E-state index contributed by atoms with van der Waals surface area (Å²) in [6.07, 6.45) is 2.52. The maximum absolute atomic E-state index is 5.32. The molecule has 2 aromatic rings. The molecule has 2 N–H and O–H groups in total. The number of aliphatic imine (C=N–C) groups is 1. The standard InChI is InChI=1S/C24H34N4O2/c1-25-24(26-16-19-7-6-8-20(15-19)18-29-2)27-17-23(28-13-4-5-14-28)21-9-11-22(30-3)12-10-21/h6-12,15,23H,4-5,13-14,16-18H2,1-3H3,(H2,25,26,27). The van der Waals surface area contributed by atoms with Crippen molar-refractivity contribution >= 4 is 5.96 Å². The molecule has 0 spiro atoms. The minimum atomic E-state index is 0.307. The smallest absolute Gasteiger partial charge is 0.191 e. The van der Waals surface area contributed by atoms with Crippen molar-refractivity contribution in [3.8, 4) is 5.75 Å². The van der Waals surface area contributed by atoms with E-state index in [1.807, 2.05) is 19.2 Å². The summed E-state index contributed by atoms with van der Waals surface area (Å²) >= 11 is 0. The van der Waals surface area contributed by atoms with Crippen molar-refractivity contribution in [3.05, 3.63) is 65.2 Å². The first-order chi connectivity index (χ1) is 14.7. The molecular weight excluding hydrogens is 376 g/mol. The third-order valence-electron chi connectivity index (χ3n) is 5.53. The molecule has 2 aromatic carbocycles. The predicted molar refractivity (Wildman–Crippen MR) is 122 cm³/mol. The van der Waals surface area contributed by atoms with E-state index in [0.29, 0.717) is 19.2 Å². The van der Waals surface area contributed by atoms with Crippen molar-refractivity contribution < 1.29 is 9.47 Å². The van der Waals surface area contributed by atoms with Gasteiger partial charge >= 0.3 is 0 Å². The van der Waals surface area contributed by atoms with Crippen molar-refractivity contribution in [1.29, 1.82) is 0 Å². The van der Waals surface area contributed by atoms with Crippen LogP contribution in [0.15, 0.2) is 53.5 Å². The second-order valence-electron chi connectivity index (χ2n) is 7.59. The Balaban J connectivity index is 1.60. The fraction of sp³-hybridized carbons (Fsp3) is 0.458. The van der Waals surface area contributed by atoms with Gasteiger partial charge in [0.2, 0.25) is 0 Å². The fourth-order valence-electron chi connectivity index (χ4n) is 3.93. The van der Waals surface area contributed by atoms with E-state index < -0.39 is 0 Å². The van der Waals surface area contributed by atoms with Gasteiger partial charge in [-0.15, -0.1) is 0 Å².